The largest absolute Gasteiger partial charge is 0.451 e. The Labute approximate surface area is 193 Å². The van der Waals surface area contributed by atoms with Crippen LogP contribution in [0.3, 0.4) is 0 Å². The van der Waals surface area contributed by atoms with Crippen molar-refractivity contribution in [1.82, 2.24) is 4.72 Å². The Kier molecular flexibility index (Phi) is 6.00. The number of carbonyl (C=O) groups is 2. The number of benzene rings is 2. The van der Waals surface area contributed by atoms with Gasteiger partial charge in [-0.15, -0.1) is 0 Å². The van der Waals surface area contributed by atoms with E-state index >= 15 is 0 Å². The third-order valence-electron chi connectivity index (χ3n) is 5.89. The van der Waals surface area contributed by atoms with Gasteiger partial charge in [0, 0.05) is 17.3 Å². The number of anilines is 1. The highest BCUT2D eigenvalue weighted by atomic mass is 32.2. The van der Waals surface area contributed by atoms with Crippen molar-refractivity contribution in [1.29, 1.82) is 0 Å². The molecule has 174 valence electrons. The molecular formula is C24H27N3O5S. The number of esters is 1. The minimum Gasteiger partial charge on any atom is -0.451 e. The molecule has 1 amide bonds. The van der Waals surface area contributed by atoms with Gasteiger partial charge in [0.25, 0.3) is 15.9 Å². The highest BCUT2D eigenvalue weighted by Gasteiger charge is 2.37. The first-order valence-corrected chi connectivity index (χ1v) is 12.4. The third kappa shape index (κ3) is 4.25. The lowest BCUT2D eigenvalue weighted by atomic mass is 10.0. The Bertz CT molecular complexity index is 1240. The number of sulfonamides is 1. The Morgan fingerprint density at radius 1 is 1.09 bits per heavy atom. The molecule has 0 bridgehead atoms. The summed E-state index contributed by atoms with van der Waals surface area (Å²) in [7, 11) is -3.73. The molecule has 1 N–H and O–H groups in total. The molecule has 0 spiro atoms. The molecule has 33 heavy (non-hydrogen) atoms. The summed E-state index contributed by atoms with van der Waals surface area (Å²) in [5.74, 6) is -1.16. The lowest BCUT2D eigenvalue weighted by Crippen LogP contribution is -2.44. The predicted octanol–water partition coefficient (Wildman–Crippen LogP) is 2.66. The average molecular weight is 470 g/mol. The number of para-hydroxylation sites is 1. The maximum Gasteiger partial charge on any atom is 0.331 e. The molecule has 8 nitrogen and oxygen atoms in total. The van der Waals surface area contributed by atoms with Crippen LogP contribution in [0.5, 0.6) is 0 Å². The number of fused-ring (bicyclic) bond motifs is 2. The number of amidine groups is 1. The van der Waals surface area contributed by atoms with Crippen LogP contribution in [0.25, 0.3) is 0 Å². The maximum atomic E-state index is 13.2. The summed E-state index contributed by atoms with van der Waals surface area (Å²) in [5.41, 5.74) is 2.31. The van der Waals surface area contributed by atoms with Crippen molar-refractivity contribution >= 4 is 33.4 Å². The lowest BCUT2D eigenvalue weighted by molar-refractivity contribution is -0.156. The average Bonchev–Trinajstić information content (AvgIpc) is 3.23. The van der Waals surface area contributed by atoms with Crippen molar-refractivity contribution in [3.05, 3.63) is 59.7 Å². The predicted molar refractivity (Wildman–Crippen MR) is 125 cm³/mol. The summed E-state index contributed by atoms with van der Waals surface area (Å²) in [6.07, 6.45) is -0.273. The van der Waals surface area contributed by atoms with Gasteiger partial charge in [-0.2, -0.15) is 0 Å². The first-order valence-electron chi connectivity index (χ1n) is 10.9. The van der Waals surface area contributed by atoms with Crippen molar-refractivity contribution in [3.8, 4) is 0 Å². The number of hydrogen-bond donors (Lipinski definition) is 1. The van der Waals surface area contributed by atoms with Crippen LogP contribution in [0.15, 0.2) is 58.4 Å². The van der Waals surface area contributed by atoms with Crippen LogP contribution in [-0.2, 0) is 30.8 Å². The second-order valence-electron chi connectivity index (χ2n) is 8.74. The molecular weight excluding hydrogens is 442 g/mol. The number of hydrogen-bond acceptors (Lipinski definition) is 6. The van der Waals surface area contributed by atoms with E-state index in [1.165, 1.54) is 6.07 Å². The summed E-state index contributed by atoms with van der Waals surface area (Å²) >= 11 is 0. The standard InChI is InChI=1S/C24H27N3O5S/c1-14(2)21(25-22-18-10-6-8-12-20(18)33(30,31)26-22)24(29)32-16(4)23(28)27-15(3)13-17-9-5-7-11-19(17)27/h5-12,14-16,21H,13H2,1-4H3,(H,25,26)/t15-,16+,21-/m1/s1. The van der Waals surface area contributed by atoms with Gasteiger partial charge in [0.05, 0.1) is 4.90 Å². The van der Waals surface area contributed by atoms with Gasteiger partial charge in [-0.05, 0) is 49.9 Å². The zero-order valence-electron chi connectivity index (χ0n) is 19.0. The summed E-state index contributed by atoms with van der Waals surface area (Å²) in [5, 5.41) is 0. The van der Waals surface area contributed by atoms with E-state index in [0.717, 1.165) is 17.7 Å². The number of nitrogens with one attached hydrogen (secondary N) is 1. The number of carbonyl (C=O) groups excluding carboxylic acids is 2. The normalized spacial score (nSPS) is 21.3. The second-order valence-corrected chi connectivity index (χ2v) is 10.4. The molecule has 0 unspecified atom stereocenters. The summed E-state index contributed by atoms with van der Waals surface area (Å²) in [6, 6.07) is 13.1. The van der Waals surface area contributed by atoms with Crippen LogP contribution in [0, 0.1) is 5.92 Å². The number of ether oxygens (including phenoxy) is 1. The van der Waals surface area contributed by atoms with Crippen molar-refractivity contribution in [3.63, 3.8) is 0 Å². The van der Waals surface area contributed by atoms with Gasteiger partial charge in [-0.1, -0.05) is 44.2 Å². The molecule has 2 heterocycles. The van der Waals surface area contributed by atoms with Crippen LogP contribution in [-0.4, -0.2) is 44.3 Å². The fraction of sp³-hybridized carbons (Fsp3) is 0.375. The van der Waals surface area contributed by atoms with E-state index in [1.807, 2.05) is 31.2 Å². The first kappa shape index (κ1) is 23.0. The monoisotopic (exact) mass is 469 g/mol. The molecule has 2 aromatic rings. The molecule has 9 heteroatoms. The zero-order chi connectivity index (χ0) is 23.9. The summed E-state index contributed by atoms with van der Waals surface area (Å²) in [4.78, 5) is 32.4. The number of nitrogens with zero attached hydrogens (tertiary/aromatic N) is 2. The van der Waals surface area contributed by atoms with Gasteiger partial charge in [0.15, 0.2) is 12.1 Å². The molecule has 4 rings (SSSR count). The van der Waals surface area contributed by atoms with Gasteiger partial charge < -0.3 is 9.64 Å². The van der Waals surface area contributed by atoms with E-state index in [-0.39, 0.29) is 28.6 Å². The Morgan fingerprint density at radius 3 is 2.48 bits per heavy atom. The number of aliphatic imine (C=N–C) groups is 1. The molecule has 0 saturated carbocycles. The Balaban J connectivity index is 1.54. The van der Waals surface area contributed by atoms with Gasteiger partial charge in [-0.25, -0.2) is 13.2 Å². The van der Waals surface area contributed by atoms with E-state index in [2.05, 4.69) is 9.71 Å². The third-order valence-corrected chi connectivity index (χ3v) is 7.29. The number of amides is 1. The van der Waals surface area contributed by atoms with E-state index in [9.17, 15) is 18.0 Å². The van der Waals surface area contributed by atoms with Crippen LogP contribution >= 0.6 is 0 Å². The fourth-order valence-electron chi connectivity index (χ4n) is 4.23. The fourth-order valence-corrected chi connectivity index (χ4v) is 5.47. The maximum absolute atomic E-state index is 13.2. The Morgan fingerprint density at radius 2 is 1.76 bits per heavy atom. The minimum absolute atomic E-state index is 0.0402. The SMILES string of the molecule is CC(C)[C@@H](N=C1NS(=O)(=O)c2ccccc21)C(=O)O[C@@H](C)C(=O)N1c2ccccc2C[C@H]1C. The molecule has 0 aliphatic carbocycles. The van der Waals surface area contributed by atoms with Crippen molar-refractivity contribution in [2.75, 3.05) is 4.90 Å². The van der Waals surface area contributed by atoms with Crippen LogP contribution in [0.1, 0.15) is 38.8 Å². The highest BCUT2D eigenvalue weighted by molar-refractivity contribution is 7.90. The topological polar surface area (TPSA) is 105 Å². The van der Waals surface area contributed by atoms with E-state index in [4.69, 9.17) is 4.74 Å². The van der Waals surface area contributed by atoms with Gasteiger partial charge in [0.2, 0.25) is 0 Å². The minimum atomic E-state index is -3.73. The molecule has 3 atom stereocenters. The Hall–Kier alpha value is -3.20. The molecule has 0 fully saturated rings. The smallest absolute Gasteiger partial charge is 0.331 e. The van der Waals surface area contributed by atoms with Gasteiger partial charge in [0.1, 0.15) is 5.84 Å². The van der Waals surface area contributed by atoms with E-state index in [1.54, 1.807) is 43.9 Å². The summed E-state index contributed by atoms with van der Waals surface area (Å²) in [6.45, 7) is 7.08. The van der Waals surface area contributed by atoms with Gasteiger partial charge >= 0.3 is 5.97 Å². The molecule has 0 saturated heterocycles. The molecule has 0 aromatic heterocycles. The van der Waals surface area contributed by atoms with E-state index in [0.29, 0.717) is 5.56 Å². The number of rotatable bonds is 5. The van der Waals surface area contributed by atoms with Gasteiger partial charge in [-0.3, -0.25) is 14.5 Å². The quantitative estimate of drug-likeness (QED) is 0.678. The molecule has 2 aliphatic heterocycles. The summed E-state index contributed by atoms with van der Waals surface area (Å²) < 4.78 is 32.7. The molecule has 2 aliphatic rings. The van der Waals surface area contributed by atoms with Crippen molar-refractivity contribution < 1.29 is 22.7 Å². The van der Waals surface area contributed by atoms with Crippen LogP contribution in [0.2, 0.25) is 0 Å². The van der Waals surface area contributed by atoms with Crippen molar-refractivity contribution in [2.45, 2.75) is 57.2 Å². The lowest BCUT2D eigenvalue weighted by Gasteiger charge is -2.27. The van der Waals surface area contributed by atoms with Crippen LogP contribution < -0.4 is 9.62 Å². The van der Waals surface area contributed by atoms with Crippen molar-refractivity contribution in [2.24, 2.45) is 10.9 Å². The molecule has 0 radical (unpaired) electrons. The zero-order valence-corrected chi connectivity index (χ0v) is 19.8. The first-order chi connectivity index (χ1) is 15.6. The van der Waals surface area contributed by atoms with E-state index < -0.39 is 28.1 Å². The highest BCUT2D eigenvalue weighted by Crippen LogP contribution is 2.32. The molecule has 2 aromatic carbocycles. The second kappa shape index (κ2) is 8.62. The van der Waals surface area contributed by atoms with Crippen LogP contribution in [0.4, 0.5) is 5.69 Å².